The summed E-state index contributed by atoms with van der Waals surface area (Å²) < 4.78 is 6.73. The lowest BCUT2D eigenvalue weighted by Crippen LogP contribution is -2.09. The van der Waals surface area contributed by atoms with Crippen molar-refractivity contribution in [2.75, 3.05) is 4.90 Å². The second-order valence-corrected chi connectivity index (χ2v) is 16.7. The maximum absolute atomic E-state index is 11.2. The van der Waals surface area contributed by atoms with E-state index in [9.17, 15) is 5.26 Å². The number of nitrogens with zero attached hydrogens (tertiary/aromatic N) is 6. The normalized spacial score (nSPS) is 11.6. The first-order valence-electron chi connectivity index (χ1n) is 22.0. The summed E-state index contributed by atoms with van der Waals surface area (Å²) in [5, 5.41) is 20.1. The lowest BCUT2D eigenvalue weighted by atomic mass is 10.0. The maximum Gasteiger partial charge on any atom is 0.212 e. The summed E-state index contributed by atoms with van der Waals surface area (Å²) >= 11 is 0. The van der Waals surface area contributed by atoms with Crippen molar-refractivity contribution in [2.24, 2.45) is 0 Å². The second-order valence-electron chi connectivity index (χ2n) is 16.7. The molecule has 306 valence electrons. The molecule has 6 heteroatoms. The molecule has 0 unspecified atom stereocenters. The molecule has 0 amide bonds. The summed E-state index contributed by atoms with van der Waals surface area (Å²) in [6.07, 6.45) is 0. The molecule has 13 aromatic rings. The number of hydrogen-bond acceptors (Lipinski definition) is 2. The summed E-state index contributed by atoms with van der Waals surface area (Å²) in [5.41, 5.74) is 12.5. The number of nitriles is 1. The monoisotopic (exact) mass is 840 g/mol. The summed E-state index contributed by atoms with van der Waals surface area (Å²) in [7, 11) is 0. The zero-order chi connectivity index (χ0) is 43.9. The highest BCUT2D eigenvalue weighted by molar-refractivity contribution is 6.26. The zero-order valence-electron chi connectivity index (χ0n) is 35.5. The number of benzene rings is 10. The third-order valence-corrected chi connectivity index (χ3v) is 13.2. The van der Waals surface area contributed by atoms with Crippen molar-refractivity contribution >= 4 is 98.9 Å². The van der Waals surface area contributed by atoms with Crippen LogP contribution in [0.3, 0.4) is 0 Å². The van der Waals surface area contributed by atoms with Crippen LogP contribution in [0.2, 0.25) is 0 Å². The van der Waals surface area contributed by atoms with Crippen molar-refractivity contribution in [2.45, 2.75) is 0 Å². The number of fused-ring (bicyclic) bond motifs is 12. The first-order valence-corrected chi connectivity index (χ1v) is 22.0. The van der Waals surface area contributed by atoms with Crippen molar-refractivity contribution in [3.8, 4) is 23.1 Å². The first kappa shape index (κ1) is 37.2. The van der Waals surface area contributed by atoms with Gasteiger partial charge in [0.25, 0.3) is 0 Å². The predicted octanol–water partition coefficient (Wildman–Crippen LogP) is 16.0. The minimum atomic E-state index is 0.446. The minimum Gasteiger partial charge on any atom is -0.319 e. The SMILES string of the molecule is [C-]#[N+]c1cc(-n2c3ccc(N(c4ccccc4)c4ccccc4)cc3c3c4ccccc4ccc32)c(C#N)cc1-n1c2ccccc2c2c1ccc1c3ccccc3n(-c3ccccc3)c12. The molecule has 3 aromatic heterocycles. The van der Waals surface area contributed by atoms with Crippen LogP contribution in [0.25, 0.3) is 98.1 Å². The van der Waals surface area contributed by atoms with E-state index in [2.05, 4.69) is 212 Å². The second kappa shape index (κ2) is 14.6. The van der Waals surface area contributed by atoms with E-state index in [0.717, 1.165) is 93.6 Å². The molecule has 0 radical (unpaired) electrons. The van der Waals surface area contributed by atoms with Gasteiger partial charge in [0.15, 0.2) is 0 Å². The third kappa shape index (κ3) is 5.40. The molecule has 0 atom stereocenters. The van der Waals surface area contributed by atoms with Crippen LogP contribution in [0.5, 0.6) is 0 Å². The highest BCUT2D eigenvalue weighted by Crippen LogP contribution is 2.46. The van der Waals surface area contributed by atoms with E-state index < -0.39 is 0 Å². The van der Waals surface area contributed by atoms with Gasteiger partial charge in [0.05, 0.1) is 56.6 Å². The van der Waals surface area contributed by atoms with Gasteiger partial charge in [-0.2, -0.15) is 5.26 Å². The quantitative estimate of drug-likeness (QED) is 0.157. The van der Waals surface area contributed by atoms with Gasteiger partial charge in [0, 0.05) is 55.1 Å². The number of hydrogen-bond donors (Lipinski definition) is 0. The standard InChI is InChI=1S/C60H36N6/c1-62-50-37-56(65-53-33-30-44(63(41-18-5-2-6-19-41)42-20-7-3-8-21-42)36-49(53)58-45-24-12-11-17-39(45)29-32-54(58)65)40(38-61)35-57(50)66-52-28-16-14-26-48(52)59-55(66)34-31-47-46-25-13-15-27-51(46)64(60(47)59)43-22-9-4-10-23-43/h2-37H. The summed E-state index contributed by atoms with van der Waals surface area (Å²) in [6.45, 7) is 8.79. The molecule has 13 rings (SSSR count). The molecule has 0 bridgehead atoms. The third-order valence-electron chi connectivity index (χ3n) is 13.2. The number of rotatable bonds is 6. The Kier molecular flexibility index (Phi) is 8.24. The van der Waals surface area contributed by atoms with E-state index in [1.165, 1.54) is 5.39 Å². The van der Waals surface area contributed by atoms with Crippen LogP contribution >= 0.6 is 0 Å². The predicted molar refractivity (Wildman–Crippen MR) is 273 cm³/mol. The Bertz CT molecular complexity index is 4140. The van der Waals surface area contributed by atoms with E-state index in [1.807, 2.05) is 36.4 Å². The van der Waals surface area contributed by atoms with Gasteiger partial charge in [-0.1, -0.05) is 127 Å². The Morgan fingerprint density at radius 3 is 1.68 bits per heavy atom. The Hall–Kier alpha value is -9.36. The number of anilines is 3. The average molecular weight is 841 g/mol. The van der Waals surface area contributed by atoms with Crippen LogP contribution in [0.15, 0.2) is 218 Å². The van der Waals surface area contributed by atoms with Gasteiger partial charge >= 0.3 is 0 Å². The molecule has 0 aliphatic carbocycles. The van der Waals surface area contributed by atoms with Gasteiger partial charge in [0.2, 0.25) is 5.69 Å². The van der Waals surface area contributed by atoms with Crippen LogP contribution in [-0.2, 0) is 0 Å². The lowest BCUT2D eigenvalue weighted by Gasteiger charge is -2.25. The molecule has 0 fully saturated rings. The van der Waals surface area contributed by atoms with Crippen molar-refractivity contribution in [1.82, 2.24) is 13.7 Å². The Labute approximate surface area is 379 Å². The van der Waals surface area contributed by atoms with E-state index in [1.54, 1.807) is 0 Å². The molecule has 3 heterocycles. The Balaban J connectivity index is 1.08. The molecule has 0 N–H and O–H groups in total. The van der Waals surface area contributed by atoms with Gasteiger partial charge in [-0.25, -0.2) is 4.85 Å². The molecule has 0 saturated carbocycles. The first-order chi connectivity index (χ1) is 32.7. The highest BCUT2D eigenvalue weighted by Gasteiger charge is 2.25. The molecule has 0 spiro atoms. The Morgan fingerprint density at radius 1 is 0.409 bits per heavy atom. The van der Waals surface area contributed by atoms with Crippen molar-refractivity contribution in [1.29, 1.82) is 5.26 Å². The smallest absolute Gasteiger partial charge is 0.212 e. The van der Waals surface area contributed by atoms with Gasteiger partial charge in [-0.15, -0.1) is 0 Å². The highest BCUT2D eigenvalue weighted by atomic mass is 15.1. The molecule has 0 aliphatic heterocycles. The van der Waals surface area contributed by atoms with Crippen LogP contribution in [-0.4, -0.2) is 13.7 Å². The average Bonchev–Trinajstić information content (AvgIpc) is 4.02. The van der Waals surface area contributed by atoms with Crippen LogP contribution in [0, 0.1) is 17.9 Å². The fourth-order valence-corrected chi connectivity index (χ4v) is 10.5. The number of aromatic nitrogens is 3. The van der Waals surface area contributed by atoms with E-state index >= 15 is 0 Å². The lowest BCUT2D eigenvalue weighted by molar-refractivity contribution is 1.14. The van der Waals surface area contributed by atoms with Gasteiger partial charge in [0.1, 0.15) is 6.07 Å². The van der Waals surface area contributed by atoms with Crippen LogP contribution in [0.1, 0.15) is 5.56 Å². The molecular formula is C60H36N6. The van der Waals surface area contributed by atoms with E-state index in [4.69, 9.17) is 6.57 Å². The van der Waals surface area contributed by atoms with Gasteiger partial charge in [-0.05, 0) is 102 Å². The van der Waals surface area contributed by atoms with E-state index in [0.29, 0.717) is 22.6 Å². The van der Waals surface area contributed by atoms with Gasteiger partial charge in [-0.3, -0.25) is 0 Å². The maximum atomic E-state index is 11.2. The van der Waals surface area contributed by atoms with Gasteiger partial charge < -0.3 is 18.6 Å². The van der Waals surface area contributed by atoms with Crippen molar-refractivity contribution < 1.29 is 0 Å². The van der Waals surface area contributed by atoms with Crippen molar-refractivity contribution in [3.05, 3.63) is 235 Å². The Morgan fingerprint density at radius 2 is 0.970 bits per heavy atom. The summed E-state index contributed by atoms with van der Waals surface area (Å²) in [6, 6.07) is 78.5. The number of para-hydroxylation sites is 5. The fourth-order valence-electron chi connectivity index (χ4n) is 10.5. The van der Waals surface area contributed by atoms with E-state index in [-0.39, 0.29) is 0 Å². The van der Waals surface area contributed by atoms with Crippen molar-refractivity contribution in [3.63, 3.8) is 0 Å². The molecule has 6 nitrogen and oxygen atoms in total. The zero-order valence-corrected chi connectivity index (χ0v) is 35.5. The molecule has 66 heavy (non-hydrogen) atoms. The summed E-state index contributed by atoms with van der Waals surface area (Å²) in [5.74, 6) is 0. The largest absolute Gasteiger partial charge is 0.319 e. The summed E-state index contributed by atoms with van der Waals surface area (Å²) in [4.78, 5) is 6.53. The topological polar surface area (TPSA) is 46.2 Å². The minimum absolute atomic E-state index is 0.446. The molecular weight excluding hydrogens is 805 g/mol. The fraction of sp³-hybridized carbons (Fsp3) is 0. The molecule has 10 aromatic carbocycles. The molecule has 0 saturated heterocycles. The molecule has 0 aliphatic rings. The van der Waals surface area contributed by atoms with Crippen LogP contribution < -0.4 is 4.90 Å². The van der Waals surface area contributed by atoms with Crippen LogP contribution in [0.4, 0.5) is 22.7 Å².